The smallest absolute Gasteiger partial charge is 0.0107 e. The number of hydrogen-bond donors (Lipinski definition) is 2. The minimum absolute atomic E-state index is 0.789. The zero-order valence-electron chi connectivity index (χ0n) is 10.7. The fourth-order valence-corrected chi connectivity index (χ4v) is 2.93. The van der Waals surface area contributed by atoms with Crippen LogP contribution in [-0.2, 0) is 0 Å². The molecule has 2 fully saturated rings. The number of nitrogens with zero attached hydrogens (tertiary/aromatic N) is 1. The van der Waals surface area contributed by atoms with Crippen LogP contribution in [0.15, 0.2) is 0 Å². The summed E-state index contributed by atoms with van der Waals surface area (Å²) in [6.45, 7) is 6.14. The topological polar surface area (TPSA) is 27.3 Å². The van der Waals surface area contributed by atoms with Crippen molar-refractivity contribution in [2.75, 3.05) is 39.8 Å². The Bertz CT molecular complexity index is 186. The van der Waals surface area contributed by atoms with Gasteiger partial charge < -0.3 is 15.5 Å². The molecule has 1 saturated heterocycles. The molecule has 1 atom stereocenters. The highest BCUT2D eigenvalue weighted by Crippen LogP contribution is 2.31. The summed E-state index contributed by atoms with van der Waals surface area (Å²) in [5.74, 6) is 0.980. The maximum absolute atomic E-state index is 3.51. The van der Waals surface area contributed by atoms with Gasteiger partial charge in [0.25, 0.3) is 0 Å². The zero-order valence-corrected chi connectivity index (χ0v) is 10.7. The van der Waals surface area contributed by atoms with Crippen LogP contribution in [0.4, 0.5) is 0 Å². The molecule has 0 bridgehead atoms. The predicted molar refractivity (Wildman–Crippen MR) is 68.7 cm³/mol. The van der Waals surface area contributed by atoms with Gasteiger partial charge in [0.1, 0.15) is 0 Å². The number of nitrogens with one attached hydrogen (secondary N) is 2. The Kier molecular flexibility index (Phi) is 5.07. The maximum Gasteiger partial charge on any atom is 0.0107 e. The Labute approximate surface area is 100.0 Å². The lowest BCUT2D eigenvalue weighted by molar-refractivity contribution is 0.201. The van der Waals surface area contributed by atoms with Crippen molar-refractivity contribution < 1.29 is 0 Å². The van der Waals surface area contributed by atoms with E-state index in [2.05, 4.69) is 22.6 Å². The molecule has 2 N–H and O–H groups in total. The first-order valence-electron chi connectivity index (χ1n) is 7.00. The first kappa shape index (κ1) is 12.3. The van der Waals surface area contributed by atoms with Crippen LogP contribution in [-0.4, -0.2) is 50.7 Å². The van der Waals surface area contributed by atoms with Crippen molar-refractivity contribution in [3.05, 3.63) is 0 Å². The highest BCUT2D eigenvalue weighted by molar-refractivity contribution is 4.82. The number of piperazine rings is 1. The molecule has 2 aliphatic rings. The summed E-state index contributed by atoms with van der Waals surface area (Å²) in [6.07, 6.45) is 7.10. The molecule has 1 aliphatic carbocycles. The molecule has 94 valence electrons. The van der Waals surface area contributed by atoms with Crippen LogP contribution in [0.5, 0.6) is 0 Å². The maximum atomic E-state index is 3.51. The quantitative estimate of drug-likeness (QED) is 0.708. The van der Waals surface area contributed by atoms with Crippen molar-refractivity contribution in [3.8, 4) is 0 Å². The molecule has 2 rings (SSSR count). The van der Waals surface area contributed by atoms with Crippen LogP contribution in [0.2, 0.25) is 0 Å². The Hall–Kier alpha value is -0.120. The van der Waals surface area contributed by atoms with Crippen LogP contribution in [0, 0.1) is 5.92 Å². The monoisotopic (exact) mass is 225 g/mol. The lowest BCUT2D eigenvalue weighted by atomic mass is 9.78. The molecule has 0 spiro atoms. The van der Waals surface area contributed by atoms with Crippen LogP contribution < -0.4 is 10.6 Å². The van der Waals surface area contributed by atoms with Crippen molar-refractivity contribution in [1.82, 2.24) is 15.5 Å². The number of hydrogen-bond acceptors (Lipinski definition) is 3. The minimum Gasteiger partial charge on any atom is -0.317 e. The first-order valence-corrected chi connectivity index (χ1v) is 7.00. The summed E-state index contributed by atoms with van der Waals surface area (Å²) < 4.78 is 0. The molecule has 0 radical (unpaired) electrons. The Morgan fingerprint density at radius 3 is 2.62 bits per heavy atom. The third-order valence-electron chi connectivity index (χ3n) is 4.29. The van der Waals surface area contributed by atoms with E-state index in [0.29, 0.717) is 0 Å². The van der Waals surface area contributed by atoms with Gasteiger partial charge in [-0.3, -0.25) is 0 Å². The SMILES string of the molecule is CNC(CCCN1CCNCC1)C1CCC1. The largest absolute Gasteiger partial charge is 0.317 e. The molecule has 1 saturated carbocycles. The molecule has 1 aliphatic heterocycles. The van der Waals surface area contributed by atoms with E-state index in [1.54, 1.807) is 0 Å². The van der Waals surface area contributed by atoms with E-state index in [0.717, 1.165) is 12.0 Å². The van der Waals surface area contributed by atoms with Gasteiger partial charge in [-0.05, 0) is 45.2 Å². The molecular weight excluding hydrogens is 198 g/mol. The van der Waals surface area contributed by atoms with Crippen LogP contribution >= 0.6 is 0 Å². The first-order chi connectivity index (χ1) is 7.90. The van der Waals surface area contributed by atoms with Gasteiger partial charge in [0.15, 0.2) is 0 Å². The molecule has 1 unspecified atom stereocenters. The third-order valence-corrected chi connectivity index (χ3v) is 4.29. The van der Waals surface area contributed by atoms with E-state index in [9.17, 15) is 0 Å². The van der Waals surface area contributed by atoms with Crippen molar-refractivity contribution >= 4 is 0 Å². The van der Waals surface area contributed by atoms with Crippen LogP contribution in [0.1, 0.15) is 32.1 Å². The molecule has 1 heterocycles. The second-order valence-electron chi connectivity index (χ2n) is 5.32. The Balaban J connectivity index is 1.58. The summed E-state index contributed by atoms with van der Waals surface area (Å²) in [5, 5.41) is 6.92. The Morgan fingerprint density at radius 2 is 2.06 bits per heavy atom. The average Bonchev–Trinajstić information content (AvgIpc) is 2.26. The summed E-state index contributed by atoms with van der Waals surface area (Å²) >= 11 is 0. The highest BCUT2D eigenvalue weighted by atomic mass is 15.2. The minimum atomic E-state index is 0.789. The van der Waals surface area contributed by atoms with Gasteiger partial charge in [-0.15, -0.1) is 0 Å². The summed E-state index contributed by atoms with van der Waals surface area (Å²) in [7, 11) is 2.13. The standard InChI is InChI=1S/C13H27N3/c1-14-13(12-4-2-5-12)6-3-9-16-10-7-15-8-11-16/h12-15H,2-11H2,1H3. The van der Waals surface area contributed by atoms with Gasteiger partial charge in [0.2, 0.25) is 0 Å². The van der Waals surface area contributed by atoms with Crippen molar-refractivity contribution in [2.24, 2.45) is 5.92 Å². The van der Waals surface area contributed by atoms with Gasteiger partial charge in [0.05, 0.1) is 0 Å². The van der Waals surface area contributed by atoms with Gasteiger partial charge in [-0.1, -0.05) is 6.42 Å². The van der Waals surface area contributed by atoms with E-state index in [1.165, 1.54) is 64.8 Å². The average molecular weight is 225 g/mol. The molecule has 0 aromatic carbocycles. The molecule has 3 heteroatoms. The zero-order chi connectivity index (χ0) is 11.2. The van der Waals surface area contributed by atoms with E-state index < -0.39 is 0 Å². The normalized spacial score (nSPS) is 25.3. The van der Waals surface area contributed by atoms with Gasteiger partial charge >= 0.3 is 0 Å². The molecule has 0 amide bonds. The van der Waals surface area contributed by atoms with E-state index in [4.69, 9.17) is 0 Å². The Morgan fingerprint density at radius 1 is 1.31 bits per heavy atom. The highest BCUT2D eigenvalue weighted by Gasteiger charge is 2.25. The second kappa shape index (κ2) is 6.58. The number of rotatable bonds is 6. The summed E-state index contributed by atoms with van der Waals surface area (Å²) in [4.78, 5) is 2.60. The van der Waals surface area contributed by atoms with Crippen molar-refractivity contribution in [3.63, 3.8) is 0 Å². The fourth-order valence-electron chi connectivity index (χ4n) is 2.93. The van der Waals surface area contributed by atoms with Crippen LogP contribution in [0.25, 0.3) is 0 Å². The fraction of sp³-hybridized carbons (Fsp3) is 1.00. The molecule has 16 heavy (non-hydrogen) atoms. The molecular formula is C13H27N3. The summed E-state index contributed by atoms with van der Waals surface area (Å²) in [5.41, 5.74) is 0. The van der Waals surface area contributed by atoms with Gasteiger partial charge in [-0.25, -0.2) is 0 Å². The van der Waals surface area contributed by atoms with E-state index in [1.807, 2.05) is 0 Å². The molecule has 3 nitrogen and oxygen atoms in total. The van der Waals surface area contributed by atoms with E-state index in [-0.39, 0.29) is 0 Å². The second-order valence-corrected chi connectivity index (χ2v) is 5.32. The van der Waals surface area contributed by atoms with E-state index >= 15 is 0 Å². The lowest BCUT2D eigenvalue weighted by Gasteiger charge is -2.34. The molecule has 0 aromatic rings. The lowest BCUT2D eigenvalue weighted by Crippen LogP contribution is -2.44. The van der Waals surface area contributed by atoms with Crippen molar-refractivity contribution in [1.29, 1.82) is 0 Å². The molecule has 0 aromatic heterocycles. The van der Waals surface area contributed by atoms with Gasteiger partial charge in [-0.2, -0.15) is 0 Å². The van der Waals surface area contributed by atoms with Crippen LogP contribution in [0.3, 0.4) is 0 Å². The summed E-state index contributed by atoms with van der Waals surface area (Å²) in [6, 6.07) is 0.789. The predicted octanol–water partition coefficient (Wildman–Crippen LogP) is 1.06. The van der Waals surface area contributed by atoms with Gasteiger partial charge in [0, 0.05) is 32.2 Å². The third kappa shape index (κ3) is 3.44. The van der Waals surface area contributed by atoms with Crippen molar-refractivity contribution in [2.45, 2.75) is 38.1 Å².